The zero-order chi connectivity index (χ0) is 19.1. The van der Waals surface area contributed by atoms with E-state index in [2.05, 4.69) is 15.6 Å². The number of carbonyl (C=O) groups is 1. The SMILES string of the molecule is COc1ccccc1CNc1ccc(C(=O)NCc2ccccc2C)nc1. The maximum atomic E-state index is 12.3. The van der Waals surface area contributed by atoms with Crippen LogP contribution in [0.3, 0.4) is 0 Å². The van der Waals surface area contributed by atoms with Crippen LogP contribution in [0.5, 0.6) is 5.75 Å². The summed E-state index contributed by atoms with van der Waals surface area (Å²) in [5.74, 6) is 0.652. The summed E-state index contributed by atoms with van der Waals surface area (Å²) >= 11 is 0. The second-order valence-electron chi connectivity index (χ2n) is 6.21. The zero-order valence-corrected chi connectivity index (χ0v) is 15.5. The third kappa shape index (κ3) is 4.85. The zero-order valence-electron chi connectivity index (χ0n) is 15.5. The number of ether oxygens (including phenoxy) is 1. The van der Waals surface area contributed by atoms with Gasteiger partial charge in [-0.25, -0.2) is 4.98 Å². The smallest absolute Gasteiger partial charge is 0.270 e. The van der Waals surface area contributed by atoms with Crippen LogP contribution >= 0.6 is 0 Å². The molecule has 2 N–H and O–H groups in total. The molecule has 1 aromatic heterocycles. The Morgan fingerprint density at radius 2 is 1.70 bits per heavy atom. The molecule has 0 aliphatic rings. The highest BCUT2D eigenvalue weighted by Gasteiger charge is 2.08. The van der Waals surface area contributed by atoms with E-state index >= 15 is 0 Å². The van der Waals surface area contributed by atoms with Gasteiger partial charge in [0.15, 0.2) is 0 Å². The van der Waals surface area contributed by atoms with Crippen molar-refractivity contribution in [3.05, 3.63) is 89.2 Å². The molecule has 3 aromatic rings. The number of carbonyl (C=O) groups excluding carboxylic acids is 1. The lowest BCUT2D eigenvalue weighted by Crippen LogP contribution is -2.24. The largest absolute Gasteiger partial charge is 0.496 e. The number of aryl methyl sites for hydroxylation is 1. The third-order valence-corrected chi connectivity index (χ3v) is 4.37. The number of benzene rings is 2. The minimum atomic E-state index is -0.186. The number of amides is 1. The Morgan fingerprint density at radius 3 is 2.41 bits per heavy atom. The number of anilines is 1. The molecule has 0 aliphatic heterocycles. The van der Waals surface area contributed by atoms with E-state index in [1.807, 2.05) is 61.5 Å². The Balaban J connectivity index is 1.56. The number of hydrogen-bond acceptors (Lipinski definition) is 4. The summed E-state index contributed by atoms with van der Waals surface area (Å²) in [4.78, 5) is 16.6. The molecule has 0 bridgehead atoms. The van der Waals surface area contributed by atoms with E-state index in [9.17, 15) is 4.79 Å². The van der Waals surface area contributed by atoms with E-state index in [0.29, 0.717) is 18.8 Å². The van der Waals surface area contributed by atoms with Crippen LogP contribution in [0.15, 0.2) is 66.9 Å². The van der Waals surface area contributed by atoms with Gasteiger partial charge in [-0.15, -0.1) is 0 Å². The van der Waals surface area contributed by atoms with Crippen LogP contribution in [-0.2, 0) is 13.1 Å². The van der Waals surface area contributed by atoms with Crippen molar-refractivity contribution in [2.24, 2.45) is 0 Å². The molecule has 0 saturated heterocycles. The molecule has 0 radical (unpaired) electrons. The minimum Gasteiger partial charge on any atom is -0.496 e. The average Bonchev–Trinajstić information content (AvgIpc) is 2.72. The van der Waals surface area contributed by atoms with Crippen LogP contribution in [-0.4, -0.2) is 18.0 Å². The Kier molecular flexibility index (Phi) is 6.05. The highest BCUT2D eigenvalue weighted by Crippen LogP contribution is 2.18. The summed E-state index contributed by atoms with van der Waals surface area (Å²) in [5.41, 5.74) is 4.55. The molecule has 3 rings (SSSR count). The fourth-order valence-corrected chi connectivity index (χ4v) is 2.75. The number of aromatic nitrogens is 1. The number of pyridine rings is 1. The first-order valence-electron chi connectivity index (χ1n) is 8.82. The Bertz CT molecular complexity index is 907. The van der Waals surface area contributed by atoms with Gasteiger partial charge in [0, 0.05) is 18.7 Å². The lowest BCUT2D eigenvalue weighted by Gasteiger charge is -2.11. The molecule has 5 nitrogen and oxygen atoms in total. The Morgan fingerprint density at radius 1 is 0.963 bits per heavy atom. The molecule has 138 valence electrons. The maximum Gasteiger partial charge on any atom is 0.270 e. The number of nitrogens with one attached hydrogen (secondary N) is 2. The number of rotatable bonds is 7. The monoisotopic (exact) mass is 361 g/mol. The molecule has 2 aromatic carbocycles. The van der Waals surface area contributed by atoms with Crippen LogP contribution in [0.25, 0.3) is 0 Å². The molecule has 0 unspecified atom stereocenters. The molecule has 0 spiro atoms. The standard InChI is InChI=1S/C22H23N3O2/c1-16-7-3-4-8-17(16)13-25-22(26)20-12-11-19(15-24-20)23-14-18-9-5-6-10-21(18)27-2/h3-12,15,23H,13-14H2,1-2H3,(H,25,26). The topological polar surface area (TPSA) is 63.2 Å². The van der Waals surface area contributed by atoms with Gasteiger partial charge >= 0.3 is 0 Å². The van der Waals surface area contributed by atoms with Gasteiger partial charge in [0.2, 0.25) is 0 Å². The minimum absolute atomic E-state index is 0.186. The fourth-order valence-electron chi connectivity index (χ4n) is 2.75. The van der Waals surface area contributed by atoms with Crippen molar-refractivity contribution in [1.82, 2.24) is 10.3 Å². The molecule has 1 heterocycles. The predicted molar refractivity (Wildman–Crippen MR) is 107 cm³/mol. The summed E-state index contributed by atoms with van der Waals surface area (Å²) in [5, 5.41) is 6.20. The molecule has 5 heteroatoms. The number of nitrogens with zero attached hydrogens (tertiary/aromatic N) is 1. The summed E-state index contributed by atoms with van der Waals surface area (Å²) < 4.78 is 5.35. The van der Waals surface area contributed by atoms with E-state index < -0.39 is 0 Å². The fraction of sp³-hybridized carbons (Fsp3) is 0.182. The first-order valence-corrected chi connectivity index (χ1v) is 8.82. The lowest BCUT2D eigenvalue weighted by molar-refractivity contribution is 0.0946. The van der Waals surface area contributed by atoms with Crippen molar-refractivity contribution in [2.45, 2.75) is 20.0 Å². The summed E-state index contributed by atoms with van der Waals surface area (Å²) in [6.45, 7) is 3.13. The van der Waals surface area contributed by atoms with E-state index in [1.54, 1.807) is 19.4 Å². The van der Waals surface area contributed by atoms with Crippen molar-refractivity contribution in [2.75, 3.05) is 12.4 Å². The molecule has 0 saturated carbocycles. The third-order valence-electron chi connectivity index (χ3n) is 4.37. The van der Waals surface area contributed by atoms with Crippen LogP contribution < -0.4 is 15.4 Å². The average molecular weight is 361 g/mol. The number of methoxy groups -OCH3 is 1. The summed E-state index contributed by atoms with van der Waals surface area (Å²) in [6, 6.07) is 19.4. The first-order chi connectivity index (χ1) is 13.2. The number of hydrogen-bond donors (Lipinski definition) is 2. The second kappa shape index (κ2) is 8.85. The van der Waals surface area contributed by atoms with Gasteiger partial charge in [-0.3, -0.25) is 4.79 Å². The van der Waals surface area contributed by atoms with Crippen LogP contribution in [0, 0.1) is 6.92 Å². The molecule has 0 aliphatic carbocycles. The van der Waals surface area contributed by atoms with Crippen molar-refractivity contribution >= 4 is 11.6 Å². The summed E-state index contributed by atoms with van der Waals surface area (Å²) in [6.07, 6.45) is 1.66. The van der Waals surface area contributed by atoms with Gasteiger partial charge in [-0.05, 0) is 36.2 Å². The molecular weight excluding hydrogens is 338 g/mol. The van der Waals surface area contributed by atoms with Gasteiger partial charge < -0.3 is 15.4 Å². The van der Waals surface area contributed by atoms with Gasteiger partial charge in [0.05, 0.1) is 19.0 Å². The van der Waals surface area contributed by atoms with Gasteiger partial charge in [0.1, 0.15) is 11.4 Å². The maximum absolute atomic E-state index is 12.3. The number of para-hydroxylation sites is 1. The highest BCUT2D eigenvalue weighted by molar-refractivity contribution is 5.92. The molecular formula is C22H23N3O2. The first kappa shape index (κ1) is 18.5. The highest BCUT2D eigenvalue weighted by atomic mass is 16.5. The quantitative estimate of drug-likeness (QED) is 0.669. The lowest BCUT2D eigenvalue weighted by atomic mass is 10.1. The van der Waals surface area contributed by atoms with E-state index in [-0.39, 0.29) is 5.91 Å². The predicted octanol–water partition coefficient (Wildman–Crippen LogP) is 3.94. The van der Waals surface area contributed by atoms with E-state index in [1.165, 1.54) is 0 Å². The molecule has 0 fully saturated rings. The van der Waals surface area contributed by atoms with Gasteiger partial charge in [-0.2, -0.15) is 0 Å². The van der Waals surface area contributed by atoms with Gasteiger partial charge in [-0.1, -0.05) is 42.5 Å². The van der Waals surface area contributed by atoms with Crippen molar-refractivity contribution in [3.63, 3.8) is 0 Å². The molecule has 1 amide bonds. The summed E-state index contributed by atoms with van der Waals surface area (Å²) in [7, 11) is 1.66. The Labute approximate surface area is 159 Å². The van der Waals surface area contributed by atoms with Crippen molar-refractivity contribution < 1.29 is 9.53 Å². The molecule has 27 heavy (non-hydrogen) atoms. The van der Waals surface area contributed by atoms with Crippen molar-refractivity contribution in [3.8, 4) is 5.75 Å². The second-order valence-corrected chi connectivity index (χ2v) is 6.21. The van der Waals surface area contributed by atoms with Crippen LogP contribution in [0.2, 0.25) is 0 Å². The normalized spacial score (nSPS) is 10.3. The van der Waals surface area contributed by atoms with Gasteiger partial charge in [0.25, 0.3) is 5.91 Å². The van der Waals surface area contributed by atoms with Crippen molar-refractivity contribution in [1.29, 1.82) is 0 Å². The van der Waals surface area contributed by atoms with E-state index in [4.69, 9.17) is 4.74 Å². The molecule has 0 atom stereocenters. The van der Waals surface area contributed by atoms with Crippen LogP contribution in [0.1, 0.15) is 27.2 Å². The Hall–Kier alpha value is -3.34. The van der Waals surface area contributed by atoms with Crippen LogP contribution in [0.4, 0.5) is 5.69 Å². The van der Waals surface area contributed by atoms with E-state index in [0.717, 1.165) is 28.1 Å².